The second kappa shape index (κ2) is 15.0. The second-order valence-electron chi connectivity index (χ2n) is 17.3. The molecule has 0 aliphatic heterocycles. The summed E-state index contributed by atoms with van der Waals surface area (Å²) in [5.74, 6) is 1.89. The van der Waals surface area contributed by atoms with Gasteiger partial charge < -0.3 is 4.57 Å². The predicted molar refractivity (Wildman–Crippen MR) is 264 cm³/mol. The summed E-state index contributed by atoms with van der Waals surface area (Å²) < 4.78 is 2.36. The third-order valence-corrected chi connectivity index (χ3v) is 13.1. The molecule has 0 amide bonds. The first-order chi connectivity index (χ1) is 31.5. The standard InChI is InChI=1S/C60H42N4/c1-60(2)53-25-11-9-23-49(53)50-33-31-46(38-54(50)60)44-20-13-19-43(35-44)45-32-34-56-52(37-45)51-24-10-12-26-55(51)64(56)48-22-14-21-47(36-48)59-62-57(41-17-7-4-8-18-41)61-58(63-59)42-29-27-40(28-30-42)39-15-5-3-6-16-39/h3-38H,1-2H3. The predicted octanol–water partition coefficient (Wildman–Crippen LogP) is 15.3. The van der Waals surface area contributed by atoms with Crippen LogP contribution in [0.3, 0.4) is 0 Å². The molecular weight excluding hydrogens is 777 g/mol. The van der Waals surface area contributed by atoms with E-state index in [0.717, 1.165) is 39.0 Å². The molecule has 2 heterocycles. The topological polar surface area (TPSA) is 43.6 Å². The van der Waals surface area contributed by atoms with Crippen LogP contribution in [0, 0.1) is 0 Å². The van der Waals surface area contributed by atoms with Crippen LogP contribution in [0.1, 0.15) is 25.0 Å². The van der Waals surface area contributed by atoms with Crippen molar-refractivity contribution in [1.29, 1.82) is 0 Å². The van der Waals surface area contributed by atoms with Crippen molar-refractivity contribution in [3.05, 3.63) is 230 Å². The fourth-order valence-corrected chi connectivity index (χ4v) is 9.77. The molecule has 4 heteroatoms. The van der Waals surface area contributed by atoms with Crippen molar-refractivity contribution in [2.45, 2.75) is 19.3 Å². The van der Waals surface area contributed by atoms with E-state index in [1.807, 2.05) is 36.4 Å². The lowest BCUT2D eigenvalue weighted by Gasteiger charge is -2.22. The molecular formula is C60H42N4. The Bertz CT molecular complexity index is 3570. The minimum absolute atomic E-state index is 0.0480. The maximum atomic E-state index is 5.12. The Morgan fingerprint density at radius 3 is 1.56 bits per heavy atom. The zero-order chi connectivity index (χ0) is 42.8. The molecule has 0 radical (unpaired) electrons. The van der Waals surface area contributed by atoms with Gasteiger partial charge in [0.25, 0.3) is 0 Å². The van der Waals surface area contributed by atoms with Crippen molar-refractivity contribution in [3.63, 3.8) is 0 Å². The SMILES string of the molecule is CC1(C)c2ccccc2-c2ccc(-c3cccc(-c4ccc5c(c4)c4ccccc4n5-c4cccc(-c5nc(-c6ccccc6)nc(-c6ccc(-c7ccccc7)cc6)n5)c4)c3)cc21. The lowest BCUT2D eigenvalue weighted by molar-refractivity contribution is 0.660. The zero-order valence-corrected chi connectivity index (χ0v) is 35.6. The minimum atomic E-state index is -0.0480. The molecule has 12 rings (SSSR count). The minimum Gasteiger partial charge on any atom is -0.309 e. The fraction of sp³-hybridized carbons (Fsp3) is 0.0500. The molecule has 1 aliphatic carbocycles. The Balaban J connectivity index is 0.926. The lowest BCUT2D eigenvalue weighted by Crippen LogP contribution is -2.14. The number of para-hydroxylation sites is 1. The van der Waals surface area contributed by atoms with E-state index in [1.165, 1.54) is 60.8 Å². The van der Waals surface area contributed by atoms with Crippen LogP contribution in [0.15, 0.2) is 218 Å². The molecule has 0 saturated carbocycles. The molecule has 64 heavy (non-hydrogen) atoms. The normalized spacial score (nSPS) is 12.7. The molecule has 0 spiro atoms. The molecule has 0 atom stereocenters. The molecule has 2 aromatic heterocycles. The molecule has 9 aromatic carbocycles. The van der Waals surface area contributed by atoms with Crippen molar-refractivity contribution in [2.75, 3.05) is 0 Å². The highest BCUT2D eigenvalue weighted by atomic mass is 15.0. The molecule has 4 nitrogen and oxygen atoms in total. The Hall–Kier alpha value is -8.21. The smallest absolute Gasteiger partial charge is 0.164 e. The summed E-state index contributed by atoms with van der Waals surface area (Å²) in [6.45, 7) is 4.69. The van der Waals surface area contributed by atoms with Gasteiger partial charge in [-0.3, -0.25) is 0 Å². The average Bonchev–Trinajstić information content (AvgIpc) is 3.82. The Morgan fingerprint density at radius 1 is 0.312 bits per heavy atom. The van der Waals surface area contributed by atoms with Crippen LogP contribution in [-0.2, 0) is 5.41 Å². The van der Waals surface area contributed by atoms with Gasteiger partial charge in [-0.2, -0.15) is 0 Å². The van der Waals surface area contributed by atoms with Gasteiger partial charge in [0.15, 0.2) is 17.5 Å². The summed E-state index contributed by atoms with van der Waals surface area (Å²) in [5, 5.41) is 2.41. The number of hydrogen-bond acceptors (Lipinski definition) is 3. The number of aromatic nitrogens is 4. The van der Waals surface area contributed by atoms with Crippen molar-refractivity contribution >= 4 is 21.8 Å². The molecule has 11 aromatic rings. The van der Waals surface area contributed by atoms with Gasteiger partial charge in [-0.05, 0) is 98.1 Å². The van der Waals surface area contributed by atoms with Crippen LogP contribution in [0.4, 0.5) is 0 Å². The summed E-state index contributed by atoms with van der Waals surface area (Å²) in [5.41, 5.74) is 18.7. The number of hydrogen-bond donors (Lipinski definition) is 0. The molecule has 0 N–H and O–H groups in total. The quantitative estimate of drug-likeness (QED) is 0.161. The molecule has 0 bridgehead atoms. The first-order valence-electron chi connectivity index (χ1n) is 21.9. The summed E-state index contributed by atoms with van der Waals surface area (Å²) in [4.78, 5) is 15.2. The van der Waals surface area contributed by atoms with E-state index < -0.39 is 0 Å². The van der Waals surface area contributed by atoms with Gasteiger partial charge >= 0.3 is 0 Å². The van der Waals surface area contributed by atoms with Crippen LogP contribution in [0.25, 0.3) is 106 Å². The third kappa shape index (κ3) is 6.34. The number of rotatable bonds is 7. The van der Waals surface area contributed by atoms with E-state index in [0.29, 0.717) is 17.5 Å². The van der Waals surface area contributed by atoms with Gasteiger partial charge in [0.1, 0.15) is 0 Å². The lowest BCUT2D eigenvalue weighted by atomic mass is 9.81. The number of fused-ring (bicyclic) bond motifs is 6. The van der Waals surface area contributed by atoms with Gasteiger partial charge in [-0.15, -0.1) is 0 Å². The number of nitrogens with zero attached hydrogens (tertiary/aromatic N) is 4. The Kier molecular flexibility index (Phi) is 8.80. The Morgan fingerprint density at radius 2 is 0.797 bits per heavy atom. The molecule has 0 unspecified atom stereocenters. The molecule has 1 aliphatic rings. The molecule has 0 fully saturated rings. The summed E-state index contributed by atoms with van der Waals surface area (Å²) in [6.07, 6.45) is 0. The maximum absolute atomic E-state index is 5.12. The van der Waals surface area contributed by atoms with Crippen LogP contribution in [-0.4, -0.2) is 19.5 Å². The highest BCUT2D eigenvalue weighted by Crippen LogP contribution is 2.49. The first kappa shape index (κ1) is 37.5. The average molecular weight is 819 g/mol. The van der Waals surface area contributed by atoms with Crippen LogP contribution < -0.4 is 0 Å². The van der Waals surface area contributed by atoms with E-state index in [2.05, 4.69) is 200 Å². The van der Waals surface area contributed by atoms with Gasteiger partial charge in [0.05, 0.1) is 11.0 Å². The third-order valence-electron chi connectivity index (χ3n) is 13.1. The van der Waals surface area contributed by atoms with Crippen LogP contribution in [0.2, 0.25) is 0 Å². The van der Waals surface area contributed by atoms with Gasteiger partial charge in [0.2, 0.25) is 0 Å². The Labute approximate surface area is 372 Å². The van der Waals surface area contributed by atoms with E-state index in [1.54, 1.807) is 0 Å². The highest BCUT2D eigenvalue weighted by molar-refractivity contribution is 6.10. The highest BCUT2D eigenvalue weighted by Gasteiger charge is 2.35. The van der Waals surface area contributed by atoms with E-state index in [4.69, 9.17) is 15.0 Å². The monoisotopic (exact) mass is 818 g/mol. The van der Waals surface area contributed by atoms with Gasteiger partial charge in [-0.1, -0.05) is 190 Å². The maximum Gasteiger partial charge on any atom is 0.164 e. The molecule has 0 saturated heterocycles. The molecule has 302 valence electrons. The van der Waals surface area contributed by atoms with Gasteiger partial charge in [0, 0.05) is 38.6 Å². The summed E-state index contributed by atoms with van der Waals surface area (Å²) >= 11 is 0. The van der Waals surface area contributed by atoms with Crippen molar-refractivity contribution in [2.24, 2.45) is 0 Å². The summed E-state index contributed by atoms with van der Waals surface area (Å²) in [6, 6.07) is 78.0. The summed E-state index contributed by atoms with van der Waals surface area (Å²) in [7, 11) is 0. The van der Waals surface area contributed by atoms with Crippen molar-refractivity contribution < 1.29 is 0 Å². The van der Waals surface area contributed by atoms with Crippen molar-refractivity contribution in [3.8, 4) is 84.4 Å². The van der Waals surface area contributed by atoms with Crippen LogP contribution in [0.5, 0.6) is 0 Å². The van der Waals surface area contributed by atoms with E-state index in [9.17, 15) is 0 Å². The second-order valence-corrected chi connectivity index (χ2v) is 17.3. The zero-order valence-electron chi connectivity index (χ0n) is 35.6. The largest absolute Gasteiger partial charge is 0.309 e. The van der Waals surface area contributed by atoms with Crippen LogP contribution >= 0.6 is 0 Å². The number of benzene rings is 9. The first-order valence-corrected chi connectivity index (χ1v) is 21.9. The van der Waals surface area contributed by atoms with E-state index >= 15 is 0 Å². The van der Waals surface area contributed by atoms with E-state index in [-0.39, 0.29) is 5.41 Å². The van der Waals surface area contributed by atoms with Crippen molar-refractivity contribution in [1.82, 2.24) is 19.5 Å². The fourth-order valence-electron chi connectivity index (χ4n) is 9.77. The van der Waals surface area contributed by atoms with Gasteiger partial charge in [-0.25, -0.2) is 15.0 Å².